The van der Waals surface area contributed by atoms with Crippen molar-refractivity contribution in [2.45, 2.75) is 31.7 Å². The molecular weight excluding hydrogens is 353 g/mol. The van der Waals surface area contributed by atoms with E-state index in [2.05, 4.69) is 5.32 Å². The van der Waals surface area contributed by atoms with E-state index in [9.17, 15) is 9.59 Å². The van der Waals surface area contributed by atoms with Gasteiger partial charge in [-0.3, -0.25) is 9.59 Å². The second-order valence-corrected chi connectivity index (χ2v) is 6.88. The monoisotopic (exact) mass is 373 g/mol. The van der Waals surface area contributed by atoms with Gasteiger partial charge < -0.3 is 15.2 Å². The molecule has 0 aromatic heterocycles. The molecule has 2 rings (SSSR count). The van der Waals surface area contributed by atoms with Crippen LogP contribution in [0.2, 0.25) is 10.0 Å². The van der Waals surface area contributed by atoms with Crippen molar-refractivity contribution < 1.29 is 19.4 Å². The standard InChI is InChI=1S/C17H21Cl2NO4/c1-24-7-6-15(10-4-5-13(18)14(19)9-10)20-16(21)11-2-3-12(8-11)17(22)23/h4-5,9,11-12,15H,2-3,6-8H2,1H3,(H,20,21)(H,22,23)/t11-,12+,15?/m1/s1. The number of benzene rings is 1. The highest BCUT2D eigenvalue weighted by molar-refractivity contribution is 6.42. The van der Waals surface area contributed by atoms with Crippen molar-refractivity contribution in [2.24, 2.45) is 11.8 Å². The van der Waals surface area contributed by atoms with E-state index in [0.29, 0.717) is 42.3 Å². The third-order valence-electron chi connectivity index (χ3n) is 4.43. The number of nitrogens with one attached hydrogen (secondary N) is 1. The lowest BCUT2D eigenvalue weighted by atomic mass is 10.0. The number of carboxylic acid groups (broad SMARTS) is 1. The van der Waals surface area contributed by atoms with Gasteiger partial charge in [0, 0.05) is 19.6 Å². The van der Waals surface area contributed by atoms with Gasteiger partial charge in [0.25, 0.3) is 0 Å². The van der Waals surface area contributed by atoms with Gasteiger partial charge in [0.05, 0.1) is 22.0 Å². The molecule has 0 heterocycles. The number of halogens is 2. The third kappa shape index (κ3) is 4.85. The Morgan fingerprint density at radius 1 is 1.29 bits per heavy atom. The third-order valence-corrected chi connectivity index (χ3v) is 5.16. The molecule has 1 aliphatic rings. The lowest BCUT2D eigenvalue weighted by molar-refractivity contribution is -0.141. The molecule has 1 aromatic rings. The molecular formula is C17H21Cl2NO4. The van der Waals surface area contributed by atoms with Crippen LogP contribution < -0.4 is 5.32 Å². The van der Waals surface area contributed by atoms with E-state index in [1.165, 1.54) is 0 Å². The minimum Gasteiger partial charge on any atom is -0.481 e. The minimum absolute atomic E-state index is 0.120. The van der Waals surface area contributed by atoms with Gasteiger partial charge in [-0.15, -0.1) is 0 Å². The summed E-state index contributed by atoms with van der Waals surface area (Å²) in [6.07, 6.45) is 2.12. The van der Waals surface area contributed by atoms with E-state index in [0.717, 1.165) is 5.56 Å². The van der Waals surface area contributed by atoms with Crippen molar-refractivity contribution in [3.63, 3.8) is 0 Å². The number of amides is 1. The molecule has 7 heteroatoms. The predicted molar refractivity (Wildman–Crippen MR) is 92.3 cm³/mol. The van der Waals surface area contributed by atoms with Crippen LogP contribution in [0.4, 0.5) is 0 Å². The maximum absolute atomic E-state index is 12.5. The summed E-state index contributed by atoms with van der Waals surface area (Å²) in [5, 5.41) is 13.0. The highest BCUT2D eigenvalue weighted by atomic mass is 35.5. The van der Waals surface area contributed by atoms with Gasteiger partial charge in [0.1, 0.15) is 0 Å². The first-order valence-electron chi connectivity index (χ1n) is 7.89. The molecule has 3 atom stereocenters. The van der Waals surface area contributed by atoms with Crippen LogP contribution in [-0.2, 0) is 14.3 Å². The first-order valence-corrected chi connectivity index (χ1v) is 8.65. The van der Waals surface area contributed by atoms with Crippen LogP contribution in [-0.4, -0.2) is 30.7 Å². The van der Waals surface area contributed by atoms with Gasteiger partial charge >= 0.3 is 5.97 Å². The van der Waals surface area contributed by atoms with Crippen LogP contribution >= 0.6 is 23.2 Å². The topological polar surface area (TPSA) is 75.6 Å². The summed E-state index contributed by atoms with van der Waals surface area (Å²) in [5.74, 6) is -1.64. The molecule has 1 saturated carbocycles. The van der Waals surface area contributed by atoms with Crippen molar-refractivity contribution in [2.75, 3.05) is 13.7 Å². The van der Waals surface area contributed by atoms with E-state index in [-0.39, 0.29) is 17.9 Å². The van der Waals surface area contributed by atoms with Gasteiger partial charge in [0.15, 0.2) is 0 Å². The summed E-state index contributed by atoms with van der Waals surface area (Å²) < 4.78 is 5.12. The molecule has 1 amide bonds. The second kappa shape index (κ2) is 8.70. The molecule has 5 nitrogen and oxygen atoms in total. The average molecular weight is 374 g/mol. The molecule has 0 radical (unpaired) electrons. The van der Waals surface area contributed by atoms with Gasteiger partial charge in [0.2, 0.25) is 5.91 Å². The first kappa shape index (κ1) is 19.0. The number of carboxylic acids is 1. The maximum atomic E-state index is 12.5. The fourth-order valence-electron chi connectivity index (χ4n) is 3.02. The van der Waals surface area contributed by atoms with Crippen molar-refractivity contribution in [1.29, 1.82) is 0 Å². The Hall–Kier alpha value is -1.30. The summed E-state index contributed by atoms with van der Waals surface area (Å²) in [4.78, 5) is 23.6. The molecule has 2 N–H and O–H groups in total. The number of aliphatic carboxylic acids is 1. The van der Waals surface area contributed by atoms with Crippen molar-refractivity contribution in [3.8, 4) is 0 Å². The van der Waals surface area contributed by atoms with Gasteiger partial charge in [-0.1, -0.05) is 29.3 Å². The first-order chi connectivity index (χ1) is 11.4. The summed E-state index contributed by atoms with van der Waals surface area (Å²) in [5.41, 5.74) is 0.850. The van der Waals surface area contributed by atoms with Gasteiger partial charge in [-0.2, -0.15) is 0 Å². The number of carbonyl (C=O) groups is 2. The number of hydrogen-bond donors (Lipinski definition) is 2. The molecule has 1 unspecified atom stereocenters. The maximum Gasteiger partial charge on any atom is 0.306 e. The summed E-state index contributed by atoms with van der Waals surface area (Å²) in [7, 11) is 1.60. The zero-order chi connectivity index (χ0) is 17.7. The van der Waals surface area contributed by atoms with Gasteiger partial charge in [-0.05, 0) is 43.4 Å². The van der Waals surface area contributed by atoms with Crippen molar-refractivity contribution in [1.82, 2.24) is 5.32 Å². The second-order valence-electron chi connectivity index (χ2n) is 6.06. The minimum atomic E-state index is -0.828. The Kier molecular flexibility index (Phi) is 6.90. The Labute approximate surface area is 151 Å². The van der Waals surface area contributed by atoms with Crippen LogP contribution in [0.15, 0.2) is 18.2 Å². The summed E-state index contributed by atoms with van der Waals surface area (Å²) >= 11 is 12.0. The van der Waals surface area contributed by atoms with Crippen LogP contribution in [0, 0.1) is 11.8 Å². The highest BCUT2D eigenvalue weighted by Crippen LogP contribution is 2.32. The van der Waals surface area contributed by atoms with Crippen LogP contribution in [0.1, 0.15) is 37.3 Å². The molecule has 0 bridgehead atoms. The zero-order valence-electron chi connectivity index (χ0n) is 13.4. The van der Waals surface area contributed by atoms with E-state index in [1.54, 1.807) is 19.2 Å². The predicted octanol–water partition coefficient (Wildman–Crippen LogP) is 3.69. The zero-order valence-corrected chi connectivity index (χ0v) is 14.9. The Balaban J connectivity index is 2.06. The molecule has 0 saturated heterocycles. The number of carbonyl (C=O) groups excluding carboxylic acids is 1. The molecule has 1 fully saturated rings. The molecule has 0 aliphatic heterocycles. The molecule has 1 aliphatic carbocycles. The Morgan fingerprint density at radius 2 is 2.00 bits per heavy atom. The SMILES string of the molecule is COCCC(NC(=O)[C@@H]1CC[C@H](C(=O)O)C1)c1ccc(Cl)c(Cl)c1. The fraction of sp³-hybridized carbons (Fsp3) is 0.529. The smallest absolute Gasteiger partial charge is 0.306 e. The van der Waals surface area contributed by atoms with Crippen molar-refractivity contribution in [3.05, 3.63) is 33.8 Å². The lowest BCUT2D eigenvalue weighted by Crippen LogP contribution is -2.34. The van der Waals surface area contributed by atoms with Crippen LogP contribution in [0.25, 0.3) is 0 Å². The number of ether oxygens (including phenoxy) is 1. The number of methoxy groups -OCH3 is 1. The number of hydrogen-bond acceptors (Lipinski definition) is 3. The van der Waals surface area contributed by atoms with Crippen LogP contribution in [0.5, 0.6) is 0 Å². The largest absolute Gasteiger partial charge is 0.481 e. The molecule has 0 spiro atoms. The molecule has 1 aromatic carbocycles. The number of rotatable bonds is 7. The van der Waals surface area contributed by atoms with E-state index < -0.39 is 11.9 Å². The Bertz CT molecular complexity index is 608. The molecule has 132 valence electrons. The van der Waals surface area contributed by atoms with E-state index in [4.69, 9.17) is 33.0 Å². The summed E-state index contributed by atoms with van der Waals surface area (Å²) in [6, 6.07) is 5.00. The van der Waals surface area contributed by atoms with E-state index >= 15 is 0 Å². The van der Waals surface area contributed by atoms with E-state index in [1.807, 2.05) is 6.07 Å². The van der Waals surface area contributed by atoms with Gasteiger partial charge in [-0.25, -0.2) is 0 Å². The highest BCUT2D eigenvalue weighted by Gasteiger charge is 2.34. The van der Waals surface area contributed by atoms with Crippen molar-refractivity contribution >= 4 is 35.1 Å². The lowest BCUT2D eigenvalue weighted by Gasteiger charge is -2.21. The average Bonchev–Trinajstić information content (AvgIpc) is 3.04. The fourth-order valence-corrected chi connectivity index (χ4v) is 3.33. The Morgan fingerprint density at radius 3 is 2.58 bits per heavy atom. The quantitative estimate of drug-likeness (QED) is 0.763. The van der Waals surface area contributed by atoms with Crippen LogP contribution in [0.3, 0.4) is 0 Å². The normalized spacial score (nSPS) is 21.5. The molecule has 24 heavy (non-hydrogen) atoms. The summed E-state index contributed by atoms with van der Waals surface area (Å²) in [6.45, 7) is 0.480.